The van der Waals surface area contributed by atoms with E-state index >= 15 is 0 Å². The van der Waals surface area contributed by atoms with Crippen LogP contribution in [-0.4, -0.2) is 23.4 Å². The van der Waals surface area contributed by atoms with Crippen LogP contribution in [-0.2, 0) is 4.79 Å². The van der Waals surface area contributed by atoms with Crippen LogP contribution < -0.4 is 14.4 Å². The fraction of sp³-hybridized carbons (Fsp3) is 0.200. The number of hydrogen-bond donors (Lipinski definition) is 0. The second kappa shape index (κ2) is 9.60. The SMILES string of the molecule is CCOc1cc(/C=C2/SC(=S)N(c3cccc(Br)c3)C2=O)cc(I)c1OCC. The molecule has 0 bridgehead atoms. The third-order valence-electron chi connectivity index (χ3n) is 3.78. The lowest BCUT2D eigenvalue weighted by atomic mass is 10.1. The van der Waals surface area contributed by atoms with Crippen LogP contribution in [0.5, 0.6) is 11.5 Å². The van der Waals surface area contributed by atoms with Crippen molar-refractivity contribution in [3.05, 3.63) is 54.9 Å². The van der Waals surface area contributed by atoms with Crippen LogP contribution in [0.25, 0.3) is 6.08 Å². The van der Waals surface area contributed by atoms with Crippen molar-refractivity contribution in [1.29, 1.82) is 0 Å². The summed E-state index contributed by atoms with van der Waals surface area (Å²) in [5.74, 6) is 1.27. The second-order valence-electron chi connectivity index (χ2n) is 5.69. The number of amides is 1. The average molecular weight is 590 g/mol. The lowest BCUT2D eigenvalue weighted by Gasteiger charge is -2.15. The largest absolute Gasteiger partial charge is 0.490 e. The highest BCUT2D eigenvalue weighted by atomic mass is 127. The molecule has 1 fully saturated rings. The van der Waals surface area contributed by atoms with Gasteiger partial charge in [0.25, 0.3) is 5.91 Å². The summed E-state index contributed by atoms with van der Waals surface area (Å²) in [6.07, 6.45) is 1.84. The quantitative estimate of drug-likeness (QED) is 0.226. The molecule has 4 nitrogen and oxygen atoms in total. The molecule has 8 heteroatoms. The predicted molar refractivity (Wildman–Crippen MR) is 131 cm³/mol. The highest BCUT2D eigenvalue weighted by Crippen LogP contribution is 2.39. The van der Waals surface area contributed by atoms with Crippen LogP contribution in [0.15, 0.2) is 45.8 Å². The smallest absolute Gasteiger partial charge is 0.270 e. The third kappa shape index (κ3) is 4.72. The van der Waals surface area contributed by atoms with E-state index in [1.54, 1.807) is 4.90 Å². The Hall–Kier alpha value is -1.10. The zero-order valence-corrected chi connectivity index (χ0v) is 20.6. The van der Waals surface area contributed by atoms with Gasteiger partial charge in [0.2, 0.25) is 0 Å². The number of carbonyl (C=O) groups is 1. The Morgan fingerprint density at radius 3 is 2.64 bits per heavy atom. The van der Waals surface area contributed by atoms with Gasteiger partial charge in [-0.1, -0.05) is 46.0 Å². The van der Waals surface area contributed by atoms with Gasteiger partial charge in [-0.05, 0) is 78.4 Å². The molecule has 1 aliphatic rings. The van der Waals surface area contributed by atoms with E-state index in [0.29, 0.717) is 28.2 Å². The van der Waals surface area contributed by atoms with E-state index in [2.05, 4.69) is 38.5 Å². The minimum absolute atomic E-state index is 0.130. The molecule has 2 aromatic rings. The van der Waals surface area contributed by atoms with Crippen LogP contribution in [0.1, 0.15) is 19.4 Å². The molecule has 0 spiro atoms. The minimum atomic E-state index is -0.130. The molecule has 0 atom stereocenters. The summed E-state index contributed by atoms with van der Waals surface area (Å²) >= 11 is 12.4. The Morgan fingerprint density at radius 1 is 1.21 bits per heavy atom. The maximum atomic E-state index is 13.0. The summed E-state index contributed by atoms with van der Waals surface area (Å²) in [4.78, 5) is 15.1. The number of thiocarbonyl (C=S) groups is 1. The van der Waals surface area contributed by atoms with Gasteiger partial charge in [-0.15, -0.1) is 0 Å². The summed E-state index contributed by atoms with van der Waals surface area (Å²) in [6, 6.07) is 11.4. The summed E-state index contributed by atoms with van der Waals surface area (Å²) < 4.78 is 13.8. The van der Waals surface area contributed by atoms with Crippen LogP contribution in [0.2, 0.25) is 0 Å². The van der Waals surface area contributed by atoms with Crippen LogP contribution in [0.3, 0.4) is 0 Å². The Balaban J connectivity index is 1.95. The number of hydrogen-bond acceptors (Lipinski definition) is 5. The van der Waals surface area contributed by atoms with E-state index in [4.69, 9.17) is 21.7 Å². The average Bonchev–Trinajstić information content (AvgIpc) is 2.91. The van der Waals surface area contributed by atoms with Gasteiger partial charge in [-0.2, -0.15) is 0 Å². The zero-order valence-electron chi connectivity index (χ0n) is 15.2. The molecule has 0 aromatic heterocycles. The van der Waals surface area contributed by atoms with Crippen molar-refractivity contribution >= 4 is 84.5 Å². The fourth-order valence-electron chi connectivity index (χ4n) is 2.68. The molecule has 146 valence electrons. The minimum Gasteiger partial charge on any atom is -0.490 e. The van der Waals surface area contributed by atoms with Crippen LogP contribution in [0, 0.1) is 3.57 Å². The Bertz CT molecular complexity index is 964. The first kappa shape index (κ1) is 21.6. The molecule has 2 aromatic carbocycles. The van der Waals surface area contributed by atoms with E-state index < -0.39 is 0 Å². The molecular formula is C20H17BrINO3S2. The summed E-state index contributed by atoms with van der Waals surface area (Å²) in [5.41, 5.74) is 1.61. The summed E-state index contributed by atoms with van der Waals surface area (Å²) in [7, 11) is 0. The molecule has 1 amide bonds. The van der Waals surface area contributed by atoms with Gasteiger partial charge < -0.3 is 9.47 Å². The number of nitrogens with zero attached hydrogens (tertiary/aromatic N) is 1. The molecular weight excluding hydrogens is 573 g/mol. The van der Waals surface area contributed by atoms with E-state index in [1.165, 1.54) is 11.8 Å². The monoisotopic (exact) mass is 589 g/mol. The number of rotatable bonds is 6. The zero-order chi connectivity index (χ0) is 20.3. The first-order chi connectivity index (χ1) is 13.4. The maximum absolute atomic E-state index is 13.0. The molecule has 0 aliphatic carbocycles. The lowest BCUT2D eigenvalue weighted by Crippen LogP contribution is -2.27. The van der Waals surface area contributed by atoms with E-state index in [9.17, 15) is 4.79 Å². The number of thioether (sulfide) groups is 1. The predicted octanol–water partition coefficient (Wildman–Crippen LogP) is 6.26. The van der Waals surface area contributed by atoms with Crippen molar-refractivity contribution in [2.24, 2.45) is 0 Å². The van der Waals surface area contributed by atoms with Gasteiger partial charge in [0, 0.05) is 4.47 Å². The Kier molecular flexibility index (Phi) is 7.41. The summed E-state index contributed by atoms with van der Waals surface area (Å²) in [6.45, 7) is 4.96. The van der Waals surface area contributed by atoms with Crippen LogP contribution >= 0.6 is 62.5 Å². The first-order valence-corrected chi connectivity index (χ1v) is 11.7. The molecule has 3 rings (SSSR count). The van der Waals surface area contributed by atoms with E-state index in [0.717, 1.165) is 25.0 Å². The molecule has 0 radical (unpaired) electrons. The fourth-order valence-corrected chi connectivity index (χ4v) is 5.14. The van der Waals surface area contributed by atoms with Gasteiger partial charge in [0.15, 0.2) is 15.8 Å². The first-order valence-electron chi connectivity index (χ1n) is 8.57. The van der Waals surface area contributed by atoms with Crippen molar-refractivity contribution in [3.8, 4) is 11.5 Å². The van der Waals surface area contributed by atoms with E-state index in [1.807, 2.05) is 56.3 Å². The van der Waals surface area contributed by atoms with Gasteiger partial charge in [0.05, 0.1) is 27.4 Å². The molecule has 28 heavy (non-hydrogen) atoms. The second-order valence-corrected chi connectivity index (χ2v) is 9.45. The number of benzene rings is 2. The lowest BCUT2D eigenvalue weighted by molar-refractivity contribution is -0.113. The maximum Gasteiger partial charge on any atom is 0.270 e. The summed E-state index contributed by atoms with van der Waals surface area (Å²) in [5, 5.41) is 0. The third-order valence-corrected chi connectivity index (χ3v) is 6.37. The molecule has 0 N–H and O–H groups in total. The number of anilines is 1. The van der Waals surface area contributed by atoms with Crippen molar-refractivity contribution in [2.75, 3.05) is 18.1 Å². The van der Waals surface area contributed by atoms with Gasteiger partial charge in [-0.3, -0.25) is 9.69 Å². The molecule has 0 unspecified atom stereocenters. The Morgan fingerprint density at radius 2 is 1.96 bits per heavy atom. The van der Waals surface area contributed by atoms with Gasteiger partial charge in [0.1, 0.15) is 0 Å². The molecule has 1 saturated heterocycles. The highest BCUT2D eigenvalue weighted by Gasteiger charge is 2.33. The molecule has 1 heterocycles. The standard InChI is InChI=1S/C20H17BrINO3S2/c1-3-25-16-9-12(8-15(22)18(16)26-4-2)10-17-19(24)23(20(27)28-17)14-7-5-6-13(21)11-14/h5-11H,3-4H2,1-2H3/b17-10+. The van der Waals surface area contributed by atoms with Crippen molar-refractivity contribution in [2.45, 2.75) is 13.8 Å². The van der Waals surface area contributed by atoms with Crippen molar-refractivity contribution in [1.82, 2.24) is 0 Å². The topological polar surface area (TPSA) is 38.8 Å². The number of ether oxygens (including phenoxy) is 2. The van der Waals surface area contributed by atoms with Crippen LogP contribution in [0.4, 0.5) is 5.69 Å². The number of carbonyl (C=O) groups excluding carboxylic acids is 1. The van der Waals surface area contributed by atoms with E-state index in [-0.39, 0.29) is 5.91 Å². The highest BCUT2D eigenvalue weighted by molar-refractivity contribution is 14.1. The van der Waals surface area contributed by atoms with Crippen molar-refractivity contribution in [3.63, 3.8) is 0 Å². The molecule has 0 saturated carbocycles. The molecule has 1 aliphatic heterocycles. The normalized spacial score (nSPS) is 15.4. The number of halogens is 2. The Labute approximate surface area is 195 Å². The van der Waals surface area contributed by atoms with Gasteiger partial charge >= 0.3 is 0 Å². The van der Waals surface area contributed by atoms with Gasteiger partial charge in [-0.25, -0.2) is 0 Å². The van der Waals surface area contributed by atoms with Crippen molar-refractivity contribution < 1.29 is 14.3 Å².